The van der Waals surface area contributed by atoms with Crippen LogP contribution in [0.5, 0.6) is 0 Å². The summed E-state index contributed by atoms with van der Waals surface area (Å²) in [5.74, 6) is -0.152. The first-order valence-corrected chi connectivity index (χ1v) is 7.82. The second-order valence-electron chi connectivity index (χ2n) is 5.39. The third-order valence-corrected chi connectivity index (χ3v) is 3.60. The Morgan fingerprint density at radius 2 is 1.90 bits per heavy atom. The Kier molecular flexibility index (Phi) is 7.82. The molecule has 0 unspecified atom stereocenters. The van der Waals surface area contributed by atoms with Gasteiger partial charge in [-0.05, 0) is 19.8 Å². The number of aliphatic hydroxyl groups is 1. The Hall–Kier alpha value is -1.56. The number of amides is 1. The highest BCUT2D eigenvalue weighted by molar-refractivity contribution is 5.97. The lowest BCUT2D eigenvalue weighted by Gasteiger charge is -2.21. The largest absolute Gasteiger partial charge is 0.396 e. The van der Waals surface area contributed by atoms with Crippen molar-refractivity contribution >= 4 is 11.6 Å². The van der Waals surface area contributed by atoms with E-state index in [0.29, 0.717) is 36.6 Å². The number of H-pyrrole nitrogens is 1. The van der Waals surface area contributed by atoms with E-state index in [0.717, 1.165) is 12.8 Å². The van der Waals surface area contributed by atoms with Crippen molar-refractivity contribution in [3.63, 3.8) is 0 Å². The molecule has 0 fully saturated rings. The molecule has 1 amide bonds. The van der Waals surface area contributed by atoms with Gasteiger partial charge in [-0.15, -0.1) is 0 Å². The second-order valence-corrected chi connectivity index (χ2v) is 5.39. The number of aryl methyl sites for hydroxylation is 1. The predicted octanol–water partition coefficient (Wildman–Crippen LogP) is 2.10. The van der Waals surface area contributed by atoms with E-state index in [1.807, 2.05) is 0 Å². The third-order valence-electron chi connectivity index (χ3n) is 3.60. The molecule has 1 heterocycles. The number of hydrogen-bond donors (Lipinski definition) is 3. The van der Waals surface area contributed by atoms with E-state index in [1.54, 1.807) is 11.8 Å². The van der Waals surface area contributed by atoms with Crippen LogP contribution < -0.4 is 5.73 Å². The van der Waals surface area contributed by atoms with E-state index >= 15 is 0 Å². The third kappa shape index (κ3) is 5.38. The zero-order valence-electron chi connectivity index (χ0n) is 13.2. The second kappa shape index (κ2) is 9.39. The van der Waals surface area contributed by atoms with E-state index in [-0.39, 0.29) is 12.5 Å². The molecule has 0 aliphatic rings. The number of nitrogens with one attached hydrogen (secondary N) is 1. The van der Waals surface area contributed by atoms with E-state index in [9.17, 15) is 4.79 Å². The SMILES string of the molecule is CCCCCCCN(CCCO)C(=O)c1n[nH]c(C)c1N. The molecule has 6 nitrogen and oxygen atoms in total. The first-order chi connectivity index (χ1) is 10.1. The summed E-state index contributed by atoms with van der Waals surface area (Å²) in [5.41, 5.74) is 7.29. The first kappa shape index (κ1) is 17.5. The van der Waals surface area contributed by atoms with Crippen LogP contribution in [-0.4, -0.2) is 45.8 Å². The lowest BCUT2D eigenvalue weighted by molar-refractivity contribution is 0.0737. The maximum atomic E-state index is 12.5. The van der Waals surface area contributed by atoms with Gasteiger partial charge in [0.2, 0.25) is 0 Å². The van der Waals surface area contributed by atoms with Crippen LogP contribution in [0, 0.1) is 6.92 Å². The molecule has 0 saturated carbocycles. The van der Waals surface area contributed by atoms with Crippen LogP contribution in [0.3, 0.4) is 0 Å². The molecule has 4 N–H and O–H groups in total. The number of nitrogens with zero attached hydrogens (tertiary/aromatic N) is 2. The molecule has 1 aromatic rings. The molecule has 1 aromatic heterocycles. The average Bonchev–Trinajstić information content (AvgIpc) is 2.81. The van der Waals surface area contributed by atoms with Crippen molar-refractivity contribution in [2.75, 3.05) is 25.4 Å². The van der Waals surface area contributed by atoms with Gasteiger partial charge < -0.3 is 15.7 Å². The van der Waals surface area contributed by atoms with Gasteiger partial charge in [0, 0.05) is 19.7 Å². The predicted molar refractivity (Wildman–Crippen MR) is 84.1 cm³/mol. The van der Waals surface area contributed by atoms with Crippen molar-refractivity contribution < 1.29 is 9.90 Å². The fourth-order valence-corrected chi connectivity index (χ4v) is 2.23. The molecule has 0 aliphatic carbocycles. The van der Waals surface area contributed by atoms with Gasteiger partial charge in [0.05, 0.1) is 11.4 Å². The zero-order valence-corrected chi connectivity index (χ0v) is 13.2. The fraction of sp³-hybridized carbons (Fsp3) is 0.733. The highest BCUT2D eigenvalue weighted by atomic mass is 16.3. The summed E-state index contributed by atoms with van der Waals surface area (Å²) >= 11 is 0. The van der Waals surface area contributed by atoms with Gasteiger partial charge in [0.25, 0.3) is 5.91 Å². The monoisotopic (exact) mass is 296 g/mol. The summed E-state index contributed by atoms with van der Waals surface area (Å²) in [5, 5.41) is 15.7. The molecule has 0 saturated heterocycles. The number of carbonyl (C=O) groups is 1. The van der Waals surface area contributed by atoms with Crippen molar-refractivity contribution in [2.45, 2.75) is 52.4 Å². The molecule has 6 heteroatoms. The average molecular weight is 296 g/mol. The number of nitrogen functional groups attached to an aromatic ring is 1. The number of rotatable bonds is 10. The number of carbonyl (C=O) groups excluding carboxylic acids is 1. The Bertz CT molecular complexity index is 431. The number of anilines is 1. The van der Waals surface area contributed by atoms with Crippen LogP contribution in [0.4, 0.5) is 5.69 Å². The first-order valence-electron chi connectivity index (χ1n) is 7.82. The van der Waals surface area contributed by atoms with Crippen molar-refractivity contribution in [1.29, 1.82) is 0 Å². The van der Waals surface area contributed by atoms with Crippen LogP contribution in [0.2, 0.25) is 0 Å². The molecule has 21 heavy (non-hydrogen) atoms. The summed E-state index contributed by atoms with van der Waals surface area (Å²) in [4.78, 5) is 14.2. The Morgan fingerprint density at radius 3 is 2.48 bits per heavy atom. The molecule has 1 rings (SSSR count). The number of hydrogen-bond acceptors (Lipinski definition) is 4. The van der Waals surface area contributed by atoms with Crippen LogP contribution in [0.1, 0.15) is 61.6 Å². The molecule has 0 bridgehead atoms. The molecule has 0 atom stereocenters. The topological polar surface area (TPSA) is 95.2 Å². The minimum absolute atomic E-state index is 0.0781. The van der Waals surface area contributed by atoms with E-state index < -0.39 is 0 Å². The molecule has 0 radical (unpaired) electrons. The van der Waals surface area contributed by atoms with Gasteiger partial charge >= 0.3 is 0 Å². The van der Waals surface area contributed by atoms with Gasteiger partial charge in [0.15, 0.2) is 5.69 Å². The maximum Gasteiger partial charge on any atom is 0.276 e. The lowest BCUT2D eigenvalue weighted by Crippen LogP contribution is -2.34. The van der Waals surface area contributed by atoms with Gasteiger partial charge in [-0.3, -0.25) is 9.89 Å². The summed E-state index contributed by atoms with van der Waals surface area (Å²) in [6, 6.07) is 0. The number of aromatic amines is 1. The smallest absolute Gasteiger partial charge is 0.276 e. The summed E-state index contributed by atoms with van der Waals surface area (Å²) in [7, 11) is 0. The van der Waals surface area contributed by atoms with Gasteiger partial charge in [-0.2, -0.15) is 5.10 Å². The summed E-state index contributed by atoms with van der Waals surface area (Å²) < 4.78 is 0. The van der Waals surface area contributed by atoms with Crippen LogP contribution in [0.25, 0.3) is 0 Å². The van der Waals surface area contributed by atoms with E-state index in [4.69, 9.17) is 10.8 Å². The maximum absolute atomic E-state index is 12.5. The number of nitrogens with two attached hydrogens (primary N) is 1. The van der Waals surface area contributed by atoms with Crippen molar-refractivity contribution in [2.24, 2.45) is 0 Å². The Morgan fingerprint density at radius 1 is 1.24 bits per heavy atom. The minimum atomic E-state index is -0.152. The van der Waals surface area contributed by atoms with Crippen LogP contribution in [-0.2, 0) is 0 Å². The quantitative estimate of drug-likeness (QED) is 0.576. The van der Waals surface area contributed by atoms with Crippen LogP contribution >= 0.6 is 0 Å². The number of unbranched alkanes of at least 4 members (excludes halogenated alkanes) is 4. The molecule has 0 aromatic carbocycles. The zero-order chi connectivity index (χ0) is 15.7. The van der Waals surface area contributed by atoms with Gasteiger partial charge in [-0.25, -0.2) is 0 Å². The van der Waals surface area contributed by atoms with Gasteiger partial charge in [0.1, 0.15) is 0 Å². The van der Waals surface area contributed by atoms with Crippen molar-refractivity contribution in [1.82, 2.24) is 15.1 Å². The Labute approximate surface area is 126 Å². The highest BCUT2D eigenvalue weighted by Gasteiger charge is 2.21. The fourth-order valence-electron chi connectivity index (χ4n) is 2.23. The van der Waals surface area contributed by atoms with E-state index in [2.05, 4.69) is 17.1 Å². The molecule has 0 spiro atoms. The van der Waals surface area contributed by atoms with E-state index in [1.165, 1.54) is 19.3 Å². The summed E-state index contributed by atoms with van der Waals surface area (Å²) in [6.45, 7) is 5.28. The molecular formula is C15H28N4O2. The number of aliphatic hydroxyl groups excluding tert-OH is 1. The van der Waals surface area contributed by atoms with Crippen LogP contribution in [0.15, 0.2) is 0 Å². The lowest BCUT2D eigenvalue weighted by atomic mass is 10.1. The minimum Gasteiger partial charge on any atom is -0.396 e. The summed E-state index contributed by atoms with van der Waals surface area (Å²) in [6.07, 6.45) is 6.30. The van der Waals surface area contributed by atoms with Crippen molar-refractivity contribution in [3.8, 4) is 0 Å². The highest BCUT2D eigenvalue weighted by Crippen LogP contribution is 2.16. The van der Waals surface area contributed by atoms with Crippen molar-refractivity contribution in [3.05, 3.63) is 11.4 Å². The normalized spacial score (nSPS) is 10.8. The molecule has 120 valence electrons. The van der Waals surface area contributed by atoms with Gasteiger partial charge in [-0.1, -0.05) is 32.6 Å². The molecular weight excluding hydrogens is 268 g/mol. The number of aromatic nitrogens is 2. The standard InChI is InChI=1S/C15H28N4O2/c1-3-4-5-6-7-9-19(10-8-11-20)15(21)14-13(16)12(2)17-18-14/h20H,3-11,16H2,1-2H3,(H,17,18). The molecule has 0 aliphatic heterocycles. The Balaban J connectivity index is 2.59.